The van der Waals surface area contributed by atoms with E-state index in [2.05, 4.69) is 38.1 Å². The number of rotatable bonds is 6. The third kappa shape index (κ3) is 4.16. The highest BCUT2D eigenvalue weighted by atomic mass is 16.3. The molecule has 1 aromatic heterocycles. The number of nitrogen functional groups attached to an aromatic ring is 1. The molecule has 0 radical (unpaired) electrons. The van der Waals surface area contributed by atoms with Crippen molar-refractivity contribution >= 4 is 5.91 Å². The van der Waals surface area contributed by atoms with Crippen molar-refractivity contribution in [2.75, 3.05) is 7.05 Å². The van der Waals surface area contributed by atoms with Gasteiger partial charge in [0.25, 0.3) is 5.91 Å². The molecule has 3 N–H and O–H groups in total. The van der Waals surface area contributed by atoms with Gasteiger partial charge in [-0.25, -0.2) is 5.84 Å². The first kappa shape index (κ1) is 14.7. The lowest BCUT2D eigenvalue weighted by Crippen LogP contribution is -2.30. The van der Waals surface area contributed by atoms with Gasteiger partial charge in [0.2, 0.25) is 0 Å². The Kier molecular flexibility index (Phi) is 5.37. The maximum absolute atomic E-state index is 11.3. The molecule has 1 atom stereocenters. The van der Waals surface area contributed by atoms with Gasteiger partial charge in [0.15, 0.2) is 0 Å². The van der Waals surface area contributed by atoms with Crippen LogP contribution in [-0.4, -0.2) is 23.9 Å². The number of nitrogens with two attached hydrogens (primary N) is 1. The van der Waals surface area contributed by atoms with Gasteiger partial charge in [-0.15, -0.1) is 0 Å². The molecule has 0 aliphatic heterocycles. The molecular formula is C13H23N3O2. The van der Waals surface area contributed by atoms with Crippen molar-refractivity contribution < 1.29 is 9.21 Å². The predicted octanol–water partition coefficient (Wildman–Crippen LogP) is 1.75. The van der Waals surface area contributed by atoms with Crippen molar-refractivity contribution in [3.05, 3.63) is 23.7 Å². The average molecular weight is 253 g/mol. The third-order valence-electron chi connectivity index (χ3n) is 3.02. The van der Waals surface area contributed by atoms with Gasteiger partial charge in [-0.3, -0.25) is 15.1 Å². The van der Waals surface area contributed by atoms with Crippen LogP contribution in [0.4, 0.5) is 0 Å². The minimum atomic E-state index is -0.331. The lowest BCUT2D eigenvalue weighted by Gasteiger charge is -2.25. The number of amides is 1. The summed E-state index contributed by atoms with van der Waals surface area (Å²) < 4.78 is 5.36. The predicted molar refractivity (Wildman–Crippen MR) is 70.7 cm³/mol. The first-order chi connectivity index (χ1) is 8.43. The number of carbonyl (C=O) groups excluding carboxylic acids is 1. The molecule has 18 heavy (non-hydrogen) atoms. The van der Waals surface area contributed by atoms with Gasteiger partial charge in [-0.2, -0.15) is 0 Å². The first-order valence-electron chi connectivity index (χ1n) is 6.22. The van der Waals surface area contributed by atoms with E-state index < -0.39 is 0 Å². The second-order valence-electron chi connectivity index (χ2n) is 5.17. The van der Waals surface area contributed by atoms with E-state index in [1.807, 2.05) is 0 Å². The Morgan fingerprint density at radius 3 is 2.72 bits per heavy atom. The van der Waals surface area contributed by atoms with E-state index in [0.29, 0.717) is 24.1 Å². The zero-order chi connectivity index (χ0) is 13.7. The summed E-state index contributed by atoms with van der Waals surface area (Å²) in [5, 5.41) is 0. The van der Waals surface area contributed by atoms with Crippen LogP contribution in [-0.2, 0) is 6.54 Å². The molecule has 1 unspecified atom stereocenters. The van der Waals surface area contributed by atoms with Crippen molar-refractivity contribution in [3.8, 4) is 0 Å². The summed E-state index contributed by atoms with van der Waals surface area (Å²) >= 11 is 0. The molecular weight excluding hydrogens is 230 g/mol. The summed E-state index contributed by atoms with van der Waals surface area (Å²) in [7, 11) is 2.05. The van der Waals surface area contributed by atoms with E-state index in [9.17, 15) is 4.79 Å². The number of hydrogen-bond donors (Lipinski definition) is 2. The van der Waals surface area contributed by atoms with Crippen LogP contribution in [0.5, 0.6) is 0 Å². The van der Waals surface area contributed by atoms with E-state index >= 15 is 0 Å². The molecule has 5 nitrogen and oxygen atoms in total. The topological polar surface area (TPSA) is 71.5 Å². The molecule has 102 valence electrons. The number of furan rings is 1. The minimum Gasteiger partial charge on any atom is -0.467 e. The summed E-state index contributed by atoms with van der Waals surface area (Å²) in [6.07, 6.45) is 2.56. The summed E-state index contributed by atoms with van der Waals surface area (Å²) in [4.78, 5) is 13.5. The van der Waals surface area contributed by atoms with Crippen LogP contribution in [0.15, 0.2) is 16.7 Å². The summed E-state index contributed by atoms with van der Waals surface area (Å²) in [5.41, 5.74) is 2.54. The van der Waals surface area contributed by atoms with Crippen LogP contribution >= 0.6 is 0 Å². The highest BCUT2D eigenvalue weighted by molar-refractivity contribution is 5.93. The standard InChI is InChI=1S/C13H23N3O2/c1-9(2)5-10(3)16(4)7-12-6-11(8-18-12)13(17)15-14/h6,8-10H,5,7,14H2,1-4H3,(H,15,17). The summed E-state index contributed by atoms with van der Waals surface area (Å²) in [6.45, 7) is 7.30. The van der Waals surface area contributed by atoms with Crippen LogP contribution in [0, 0.1) is 5.92 Å². The van der Waals surface area contributed by atoms with Gasteiger partial charge in [0.1, 0.15) is 12.0 Å². The average Bonchev–Trinajstić information content (AvgIpc) is 2.75. The Balaban J connectivity index is 2.56. The normalized spacial score (nSPS) is 13.1. The quantitative estimate of drug-likeness (QED) is 0.460. The van der Waals surface area contributed by atoms with E-state index in [-0.39, 0.29) is 5.91 Å². The van der Waals surface area contributed by atoms with Crippen LogP contribution < -0.4 is 11.3 Å². The second-order valence-corrected chi connectivity index (χ2v) is 5.17. The molecule has 0 fully saturated rings. The van der Waals surface area contributed by atoms with E-state index in [4.69, 9.17) is 10.3 Å². The highest BCUT2D eigenvalue weighted by Crippen LogP contribution is 2.15. The molecule has 1 heterocycles. The van der Waals surface area contributed by atoms with Crippen molar-refractivity contribution in [3.63, 3.8) is 0 Å². The number of nitrogens with one attached hydrogen (secondary N) is 1. The second kappa shape index (κ2) is 6.56. The molecule has 1 amide bonds. The van der Waals surface area contributed by atoms with Crippen molar-refractivity contribution in [2.45, 2.75) is 39.8 Å². The molecule has 1 rings (SSSR count). The minimum absolute atomic E-state index is 0.331. The van der Waals surface area contributed by atoms with E-state index in [0.717, 1.165) is 12.2 Å². The highest BCUT2D eigenvalue weighted by Gasteiger charge is 2.14. The van der Waals surface area contributed by atoms with Crippen LogP contribution in [0.3, 0.4) is 0 Å². The number of nitrogens with zero attached hydrogens (tertiary/aromatic N) is 1. The molecule has 1 aromatic rings. The maximum atomic E-state index is 11.3. The largest absolute Gasteiger partial charge is 0.467 e. The van der Waals surface area contributed by atoms with Crippen LogP contribution in [0.25, 0.3) is 0 Å². The van der Waals surface area contributed by atoms with Gasteiger partial charge in [-0.1, -0.05) is 13.8 Å². The molecule has 0 aliphatic carbocycles. The Morgan fingerprint density at radius 2 is 2.17 bits per heavy atom. The lowest BCUT2D eigenvalue weighted by atomic mass is 10.0. The number of carbonyl (C=O) groups is 1. The number of hydrogen-bond acceptors (Lipinski definition) is 4. The van der Waals surface area contributed by atoms with Gasteiger partial charge in [-0.05, 0) is 32.4 Å². The first-order valence-corrected chi connectivity index (χ1v) is 6.22. The summed E-state index contributed by atoms with van der Waals surface area (Å²) in [6, 6.07) is 2.20. The fourth-order valence-electron chi connectivity index (χ4n) is 1.93. The molecule has 0 spiro atoms. The Hall–Kier alpha value is -1.33. The monoisotopic (exact) mass is 253 g/mol. The lowest BCUT2D eigenvalue weighted by molar-refractivity contribution is 0.0953. The van der Waals surface area contributed by atoms with Gasteiger partial charge < -0.3 is 4.42 Å². The van der Waals surface area contributed by atoms with Gasteiger partial charge >= 0.3 is 0 Å². The molecule has 5 heteroatoms. The van der Waals surface area contributed by atoms with E-state index in [1.165, 1.54) is 6.26 Å². The maximum Gasteiger partial charge on any atom is 0.268 e. The van der Waals surface area contributed by atoms with Crippen molar-refractivity contribution in [2.24, 2.45) is 11.8 Å². The fourth-order valence-corrected chi connectivity index (χ4v) is 1.93. The number of hydrazine groups is 1. The molecule has 0 saturated carbocycles. The zero-order valence-electron chi connectivity index (χ0n) is 11.6. The van der Waals surface area contributed by atoms with Crippen molar-refractivity contribution in [1.29, 1.82) is 0 Å². The Morgan fingerprint density at radius 1 is 1.50 bits per heavy atom. The smallest absolute Gasteiger partial charge is 0.268 e. The van der Waals surface area contributed by atoms with Crippen LogP contribution in [0.1, 0.15) is 43.3 Å². The van der Waals surface area contributed by atoms with Crippen molar-refractivity contribution in [1.82, 2.24) is 10.3 Å². The Bertz CT molecular complexity index is 387. The van der Waals surface area contributed by atoms with Gasteiger partial charge in [0, 0.05) is 6.04 Å². The molecule has 0 saturated heterocycles. The SMILES string of the molecule is CC(C)CC(C)N(C)Cc1cc(C(=O)NN)co1. The summed E-state index contributed by atoms with van der Waals surface area (Å²) in [5.74, 6) is 6.17. The van der Waals surface area contributed by atoms with Crippen LogP contribution in [0.2, 0.25) is 0 Å². The van der Waals surface area contributed by atoms with Gasteiger partial charge in [0.05, 0.1) is 12.1 Å². The molecule has 0 aliphatic rings. The zero-order valence-corrected chi connectivity index (χ0v) is 11.6. The third-order valence-corrected chi connectivity index (χ3v) is 3.02. The molecule has 0 bridgehead atoms. The van der Waals surface area contributed by atoms with E-state index in [1.54, 1.807) is 6.07 Å². The Labute approximate surface area is 108 Å². The fraction of sp³-hybridized carbons (Fsp3) is 0.615. The molecule has 0 aromatic carbocycles.